The second kappa shape index (κ2) is 8.13. The molecule has 0 radical (unpaired) electrons. The van der Waals surface area contributed by atoms with E-state index >= 15 is 0 Å². The second-order valence-corrected chi connectivity index (χ2v) is 8.54. The Balaban J connectivity index is 1.36. The van der Waals surface area contributed by atoms with Gasteiger partial charge in [-0.15, -0.1) is 0 Å². The first kappa shape index (κ1) is 20.3. The van der Waals surface area contributed by atoms with Crippen molar-refractivity contribution in [3.63, 3.8) is 0 Å². The van der Waals surface area contributed by atoms with E-state index < -0.39 is 0 Å². The molecule has 0 saturated carbocycles. The summed E-state index contributed by atoms with van der Waals surface area (Å²) in [6, 6.07) is 22.6. The quantitative estimate of drug-likeness (QED) is 0.287. The van der Waals surface area contributed by atoms with Crippen LogP contribution in [0.15, 0.2) is 86.1 Å². The molecule has 2 heterocycles. The monoisotopic (exact) mass is 486 g/mol. The number of furan rings is 1. The number of hydrogen-bond acceptors (Lipinski definition) is 4. The Kier molecular flexibility index (Phi) is 5.15. The van der Waals surface area contributed by atoms with E-state index in [0.29, 0.717) is 28.4 Å². The van der Waals surface area contributed by atoms with Crippen molar-refractivity contribution in [2.75, 3.05) is 5.32 Å². The number of fused-ring (bicyclic) bond motifs is 1. The van der Waals surface area contributed by atoms with Gasteiger partial charge in [-0.1, -0.05) is 34.1 Å². The molecule has 0 aliphatic rings. The van der Waals surface area contributed by atoms with Gasteiger partial charge in [0.2, 0.25) is 5.89 Å². The normalized spacial score (nSPS) is 11.1. The Morgan fingerprint density at radius 2 is 1.62 bits per heavy atom. The smallest absolute Gasteiger partial charge is 0.291 e. The van der Waals surface area contributed by atoms with E-state index in [9.17, 15) is 4.79 Å². The first-order chi connectivity index (χ1) is 15.5. The van der Waals surface area contributed by atoms with Gasteiger partial charge in [0.25, 0.3) is 5.91 Å². The van der Waals surface area contributed by atoms with Crippen molar-refractivity contribution < 1.29 is 13.6 Å². The molecule has 5 aromatic rings. The van der Waals surface area contributed by atoms with Crippen LogP contribution >= 0.6 is 15.9 Å². The van der Waals surface area contributed by atoms with Gasteiger partial charge in [-0.25, -0.2) is 4.98 Å². The van der Waals surface area contributed by atoms with Crippen LogP contribution in [0.1, 0.15) is 21.7 Å². The molecule has 1 amide bonds. The fourth-order valence-electron chi connectivity index (χ4n) is 3.43. The van der Waals surface area contributed by atoms with E-state index in [2.05, 4.69) is 52.2 Å². The third-order valence-electron chi connectivity index (χ3n) is 5.36. The number of oxazole rings is 1. The van der Waals surface area contributed by atoms with E-state index in [0.717, 1.165) is 15.6 Å². The number of aromatic nitrogens is 1. The minimum atomic E-state index is -0.328. The van der Waals surface area contributed by atoms with Gasteiger partial charge in [0, 0.05) is 21.3 Å². The van der Waals surface area contributed by atoms with Crippen molar-refractivity contribution in [2.45, 2.75) is 13.8 Å². The maximum absolute atomic E-state index is 12.7. The number of rotatable bonds is 4. The van der Waals surface area contributed by atoms with Crippen LogP contribution in [0.3, 0.4) is 0 Å². The zero-order valence-corrected chi connectivity index (χ0v) is 19.1. The average Bonchev–Trinajstić information content (AvgIpc) is 3.43. The Bertz CT molecular complexity index is 1450. The van der Waals surface area contributed by atoms with Gasteiger partial charge in [0.1, 0.15) is 11.3 Å². The lowest BCUT2D eigenvalue weighted by molar-refractivity contribution is 0.0997. The number of halogens is 1. The standard InChI is InChI=1S/C26H19BrN2O3/c1-15-3-4-18(13-16(15)2)26-29-21-14-20(9-10-23(21)32-26)28-25(30)24-12-11-22(31-24)17-5-7-19(27)8-6-17/h3-14H,1-2H3,(H,28,30). The molecule has 6 heteroatoms. The number of amides is 1. The zero-order valence-electron chi connectivity index (χ0n) is 17.5. The first-order valence-electron chi connectivity index (χ1n) is 10.1. The van der Waals surface area contributed by atoms with Crippen LogP contribution in [0.5, 0.6) is 0 Å². The lowest BCUT2D eigenvalue weighted by Gasteiger charge is -2.03. The largest absolute Gasteiger partial charge is 0.451 e. The molecule has 3 aromatic carbocycles. The molecular weight excluding hydrogens is 468 g/mol. The molecule has 0 aliphatic heterocycles. The number of hydrogen-bond donors (Lipinski definition) is 1. The Hall–Kier alpha value is -3.64. The van der Waals surface area contributed by atoms with Gasteiger partial charge in [-0.3, -0.25) is 4.79 Å². The van der Waals surface area contributed by atoms with Crippen LogP contribution in [0.4, 0.5) is 5.69 Å². The molecule has 0 aliphatic carbocycles. The van der Waals surface area contributed by atoms with Crippen molar-refractivity contribution >= 4 is 38.6 Å². The molecule has 5 nitrogen and oxygen atoms in total. The van der Waals surface area contributed by atoms with Gasteiger partial charge >= 0.3 is 0 Å². The Morgan fingerprint density at radius 3 is 2.41 bits per heavy atom. The molecule has 158 valence electrons. The number of anilines is 1. The van der Waals surface area contributed by atoms with E-state index in [-0.39, 0.29) is 11.7 Å². The van der Waals surface area contributed by atoms with Crippen molar-refractivity contribution in [2.24, 2.45) is 0 Å². The topological polar surface area (TPSA) is 68.3 Å². The van der Waals surface area contributed by atoms with Gasteiger partial charge in [-0.2, -0.15) is 0 Å². The fourth-order valence-corrected chi connectivity index (χ4v) is 3.69. The summed E-state index contributed by atoms with van der Waals surface area (Å²) >= 11 is 3.41. The molecule has 1 N–H and O–H groups in total. The molecular formula is C26H19BrN2O3. The lowest BCUT2D eigenvalue weighted by Crippen LogP contribution is -2.10. The van der Waals surface area contributed by atoms with Gasteiger partial charge in [-0.05, 0) is 79.6 Å². The van der Waals surface area contributed by atoms with E-state index in [4.69, 9.17) is 8.83 Å². The highest BCUT2D eigenvalue weighted by Crippen LogP contribution is 2.28. The highest BCUT2D eigenvalue weighted by atomic mass is 79.9. The number of carbonyl (C=O) groups excluding carboxylic acids is 1. The fraction of sp³-hybridized carbons (Fsp3) is 0.0769. The van der Waals surface area contributed by atoms with Gasteiger partial charge in [0.15, 0.2) is 11.3 Å². The van der Waals surface area contributed by atoms with Crippen molar-refractivity contribution in [3.05, 3.63) is 94.2 Å². The van der Waals surface area contributed by atoms with E-state index in [1.54, 1.807) is 30.3 Å². The predicted molar refractivity (Wildman–Crippen MR) is 129 cm³/mol. The van der Waals surface area contributed by atoms with Crippen LogP contribution in [-0.4, -0.2) is 10.9 Å². The molecule has 2 aromatic heterocycles. The molecule has 0 bridgehead atoms. The van der Waals surface area contributed by atoms with Gasteiger partial charge < -0.3 is 14.2 Å². The van der Waals surface area contributed by atoms with Crippen LogP contribution in [0, 0.1) is 13.8 Å². The molecule has 0 unspecified atom stereocenters. The summed E-state index contributed by atoms with van der Waals surface area (Å²) in [5.41, 5.74) is 6.16. The third kappa shape index (κ3) is 3.97. The van der Waals surface area contributed by atoms with Gasteiger partial charge in [0.05, 0.1) is 0 Å². The number of aryl methyl sites for hydroxylation is 2. The molecule has 0 atom stereocenters. The Labute approximate surface area is 193 Å². The summed E-state index contributed by atoms with van der Waals surface area (Å²) < 4.78 is 12.6. The van der Waals surface area contributed by atoms with Crippen LogP contribution in [0.2, 0.25) is 0 Å². The van der Waals surface area contributed by atoms with Crippen LogP contribution in [0.25, 0.3) is 33.9 Å². The third-order valence-corrected chi connectivity index (χ3v) is 5.89. The predicted octanol–water partition coefficient (Wildman–Crippen LogP) is 7.39. The summed E-state index contributed by atoms with van der Waals surface area (Å²) in [6.45, 7) is 4.13. The first-order valence-corrected chi connectivity index (χ1v) is 10.9. The summed E-state index contributed by atoms with van der Waals surface area (Å²) in [5.74, 6) is 1.09. The molecule has 5 rings (SSSR count). The number of benzene rings is 3. The Morgan fingerprint density at radius 1 is 0.844 bits per heavy atom. The summed E-state index contributed by atoms with van der Waals surface area (Å²) in [4.78, 5) is 17.3. The summed E-state index contributed by atoms with van der Waals surface area (Å²) in [7, 11) is 0. The summed E-state index contributed by atoms with van der Waals surface area (Å²) in [5, 5.41) is 2.87. The lowest BCUT2D eigenvalue weighted by atomic mass is 10.1. The van der Waals surface area contributed by atoms with E-state index in [1.807, 2.05) is 30.3 Å². The maximum atomic E-state index is 12.7. The minimum absolute atomic E-state index is 0.235. The molecule has 0 fully saturated rings. The maximum Gasteiger partial charge on any atom is 0.291 e. The number of nitrogens with zero attached hydrogens (tertiary/aromatic N) is 1. The minimum Gasteiger partial charge on any atom is -0.451 e. The van der Waals surface area contributed by atoms with Crippen LogP contribution < -0.4 is 5.32 Å². The van der Waals surface area contributed by atoms with Crippen molar-refractivity contribution in [1.82, 2.24) is 4.98 Å². The summed E-state index contributed by atoms with van der Waals surface area (Å²) in [6.07, 6.45) is 0. The van der Waals surface area contributed by atoms with Crippen molar-refractivity contribution in [3.8, 4) is 22.8 Å². The second-order valence-electron chi connectivity index (χ2n) is 7.63. The van der Waals surface area contributed by atoms with Crippen molar-refractivity contribution in [1.29, 1.82) is 0 Å². The highest BCUT2D eigenvalue weighted by molar-refractivity contribution is 9.10. The number of carbonyl (C=O) groups is 1. The van der Waals surface area contributed by atoms with E-state index in [1.165, 1.54) is 11.1 Å². The molecule has 0 spiro atoms. The average molecular weight is 487 g/mol. The molecule has 32 heavy (non-hydrogen) atoms. The highest BCUT2D eigenvalue weighted by Gasteiger charge is 2.14. The SMILES string of the molecule is Cc1ccc(-c2nc3cc(NC(=O)c4ccc(-c5ccc(Br)cc5)o4)ccc3o2)cc1C. The number of nitrogens with one attached hydrogen (secondary N) is 1. The molecule has 0 saturated heterocycles. The van der Waals surface area contributed by atoms with Crippen LogP contribution in [-0.2, 0) is 0 Å². The zero-order chi connectivity index (χ0) is 22.2.